The zero-order valence-corrected chi connectivity index (χ0v) is 12.7. The summed E-state index contributed by atoms with van der Waals surface area (Å²) in [4.78, 5) is 0. The third-order valence-electron chi connectivity index (χ3n) is 2.78. The van der Waals surface area contributed by atoms with Gasteiger partial charge in [-0.15, -0.1) is 0 Å². The Balaban J connectivity index is 1.58. The molecule has 0 aliphatic carbocycles. The summed E-state index contributed by atoms with van der Waals surface area (Å²) >= 11 is 7.48. The van der Waals surface area contributed by atoms with E-state index in [9.17, 15) is 5.11 Å². The van der Waals surface area contributed by atoms with Crippen LogP contribution >= 0.6 is 22.9 Å². The fourth-order valence-corrected chi connectivity index (χ4v) is 2.52. The second-order valence-corrected chi connectivity index (χ2v) is 5.77. The van der Waals surface area contributed by atoms with Crippen LogP contribution in [0.4, 0.5) is 0 Å². The predicted octanol–water partition coefficient (Wildman–Crippen LogP) is 3.07. The molecule has 5 heteroatoms. The van der Waals surface area contributed by atoms with Crippen LogP contribution in [0.15, 0.2) is 41.1 Å². The number of ether oxygens (including phenoxy) is 1. The van der Waals surface area contributed by atoms with Gasteiger partial charge in [0.25, 0.3) is 0 Å². The van der Waals surface area contributed by atoms with Crippen LogP contribution in [0.3, 0.4) is 0 Å². The predicted molar refractivity (Wildman–Crippen MR) is 83.1 cm³/mol. The summed E-state index contributed by atoms with van der Waals surface area (Å²) in [5.74, 6) is 0. The Bertz CT molecular complexity index is 487. The van der Waals surface area contributed by atoms with Crippen LogP contribution in [-0.4, -0.2) is 24.4 Å². The number of halogens is 1. The summed E-state index contributed by atoms with van der Waals surface area (Å²) in [6.45, 7) is 2.10. The Morgan fingerprint density at radius 2 is 2.00 bits per heavy atom. The highest BCUT2D eigenvalue weighted by molar-refractivity contribution is 7.07. The van der Waals surface area contributed by atoms with E-state index in [4.69, 9.17) is 16.3 Å². The molecule has 1 heterocycles. The summed E-state index contributed by atoms with van der Waals surface area (Å²) < 4.78 is 5.48. The Morgan fingerprint density at radius 3 is 2.70 bits per heavy atom. The van der Waals surface area contributed by atoms with Gasteiger partial charge in [-0.2, -0.15) is 11.3 Å². The molecular formula is C15H18ClNO2S. The third-order valence-corrected chi connectivity index (χ3v) is 3.77. The highest BCUT2D eigenvalue weighted by atomic mass is 35.5. The molecule has 0 fully saturated rings. The Hall–Kier alpha value is -0.910. The van der Waals surface area contributed by atoms with Gasteiger partial charge in [0.05, 0.1) is 19.3 Å². The molecule has 0 spiro atoms. The van der Waals surface area contributed by atoms with Gasteiger partial charge in [0.2, 0.25) is 0 Å². The topological polar surface area (TPSA) is 41.5 Å². The van der Waals surface area contributed by atoms with Gasteiger partial charge in [-0.3, -0.25) is 0 Å². The maximum Gasteiger partial charge on any atom is 0.0897 e. The Morgan fingerprint density at radius 1 is 1.20 bits per heavy atom. The lowest BCUT2D eigenvalue weighted by Gasteiger charge is -2.12. The highest BCUT2D eigenvalue weighted by Gasteiger charge is 2.04. The van der Waals surface area contributed by atoms with E-state index >= 15 is 0 Å². The quantitative estimate of drug-likeness (QED) is 0.787. The largest absolute Gasteiger partial charge is 0.389 e. The van der Waals surface area contributed by atoms with Crippen LogP contribution in [0, 0.1) is 0 Å². The van der Waals surface area contributed by atoms with Crippen LogP contribution in [0.2, 0.25) is 5.02 Å². The summed E-state index contributed by atoms with van der Waals surface area (Å²) in [7, 11) is 0. The number of nitrogens with one attached hydrogen (secondary N) is 1. The molecule has 1 unspecified atom stereocenters. The highest BCUT2D eigenvalue weighted by Crippen LogP contribution is 2.10. The van der Waals surface area contributed by atoms with Gasteiger partial charge in [0, 0.05) is 18.1 Å². The summed E-state index contributed by atoms with van der Waals surface area (Å²) in [5, 5.41) is 17.8. The van der Waals surface area contributed by atoms with E-state index in [-0.39, 0.29) is 0 Å². The van der Waals surface area contributed by atoms with Crippen LogP contribution in [0.25, 0.3) is 0 Å². The van der Waals surface area contributed by atoms with Gasteiger partial charge >= 0.3 is 0 Å². The molecule has 0 saturated heterocycles. The number of aliphatic hydroxyl groups excluding tert-OH is 1. The molecule has 0 radical (unpaired) electrons. The summed E-state index contributed by atoms with van der Waals surface area (Å²) in [6, 6.07) is 9.58. The van der Waals surface area contributed by atoms with Crippen LogP contribution in [0.5, 0.6) is 0 Å². The van der Waals surface area contributed by atoms with Gasteiger partial charge < -0.3 is 15.2 Å². The van der Waals surface area contributed by atoms with Crippen molar-refractivity contribution in [2.45, 2.75) is 19.3 Å². The lowest BCUT2D eigenvalue weighted by atomic mass is 10.2. The van der Waals surface area contributed by atoms with E-state index in [1.807, 2.05) is 29.6 Å². The molecule has 1 atom stereocenters. The van der Waals surface area contributed by atoms with Crippen molar-refractivity contribution < 1.29 is 9.84 Å². The lowest BCUT2D eigenvalue weighted by Crippen LogP contribution is -2.29. The van der Waals surface area contributed by atoms with E-state index in [1.54, 1.807) is 11.3 Å². The molecule has 1 aromatic heterocycles. The van der Waals surface area contributed by atoms with Gasteiger partial charge in [0.15, 0.2) is 0 Å². The first-order chi connectivity index (χ1) is 9.74. The molecule has 3 nitrogen and oxygen atoms in total. The molecule has 2 aromatic rings. The zero-order chi connectivity index (χ0) is 14.2. The van der Waals surface area contributed by atoms with Crippen molar-refractivity contribution >= 4 is 22.9 Å². The van der Waals surface area contributed by atoms with Crippen molar-refractivity contribution in [1.29, 1.82) is 0 Å². The monoisotopic (exact) mass is 311 g/mol. The minimum absolute atomic E-state index is 0.319. The maximum atomic E-state index is 9.79. The summed E-state index contributed by atoms with van der Waals surface area (Å²) in [5.41, 5.74) is 2.29. The first kappa shape index (κ1) is 15.5. The molecule has 0 aliphatic heterocycles. The molecule has 0 saturated carbocycles. The third kappa shape index (κ3) is 5.61. The smallest absolute Gasteiger partial charge is 0.0897 e. The fourth-order valence-electron chi connectivity index (χ4n) is 1.73. The van der Waals surface area contributed by atoms with Crippen molar-refractivity contribution in [3.8, 4) is 0 Å². The molecule has 1 aromatic carbocycles. The van der Waals surface area contributed by atoms with Crippen LogP contribution < -0.4 is 5.32 Å². The minimum Gasteiger partial charge on any atom is -0.389 e. The van der Waals surface area contributed by atoms with Crippen molar-refractivity contribution in [2.24, 2.45) is 0 Å². The molecule has 108 valence electrons. The number of thiophene rings is 1. The van der Waals surface area contributed by atoms with E-state index in [0.717, 1.165) is 12.1 Å². The second kappa shape index (κ2) is 8.39. The SMILES string of the molecule is OC(CNCc1ccsc1)COCc1ccc(Cl)cc1. The van der Waals surface area contributed by atoms with E-state index in [1.165, 1.54) is 5.56 Å². The van der Waals surface area contributed by atoms with Gasteiger partial charge in [0.1, 0.15) is 0 Å². The molecule has 2 N–H and O–H groups in total. The number of rotatable bonds is 8. The van der Waals surface area contributed by atoms with Gasteiger partial charge in [-0.05, 0) is 40.1 Å². The van der Waals surface area contributed by atoms with Crippen molar-refractivity contribution in [3.63, 3.8) is 0 Å². The first-order valence-electron chi connectivity index (χ1n) is 6.46. The maximum absolute atomic E-state index is 9.79. The first-order valence-corrected chi connectivity index (χ1v) is 7.78. The summed E-state index contributed by atoms with van der Waals surface area (Å²) in [6.07, 6.45) is -0.499. The van der Waals surface area contributed by atoms with E-state index < -0.39 is 6.10 Å². The number of hydrogen-bond donors (Lipinski definition) is 2. The molecule has 0 aliphatic rings. The van der Waals surface area contributed by atoms with Crippen LogP contribution in [0.1, 0.15) is 11.1 Å². The average molecular weight is 312 g/mol. The van der Waals surface area contributed by atoms with Gasteiger partial charge in [-0.25, -0.2) is 0 Å². The van der Waals surface area contributed by atoms with Gasteiger partial charge in [-0.1, -0.05) is 23.7 Å². The Labute approximate surface area is 128 Å². The number of aliphatic hydroxyl groups is 1. The molecule has 0 amide bonds. The van der Waals surface area contributed by atoms with Crippen molar-refractivity contribution in [3.05, 3.63) is 57.2 Å². The fraction of sp³-hybridized carbons (Fsp3) is 0.333. The molecule has 2 rings (SSSR count). The number of hydrogen-bond acceptors (Lipinski definition) is 4. The average Bonchev–Trinajstić information content (AvgIpc) is 2.94. The molecular weight excluding hydrogens is 294 g/mol. The van der Waals surface area contributed by atoms with Crippen molar-refractivity contribution in [1.82, 2.24) is 5.32 Å². The van der Waals surface area contributed by atoms with E-state index in [2.05, 4.69) is 16.8 Å². The second-order valence-electron chi connectivity index (χ2n) is 4.56. The standard InChI is InChI=1S/C15H18ClNO2S/c16-14-3-1-12(2-4-14)9-19-10-15(18)8-17-7-13-5-6-20-11-13/h1-6,11,15,17-18H,7-10H2. The molecule has 20 heavy (non-hydrogen) atoms. The normalized spacial score (nSPS) is 12.5. The molecule has 0 bridgehead atoms. The van der Waals surface area contributed by atoms with Crippen LogP contribution in [-0.2, 0) is 17.9 Å². The Kier molecular flexibility index (Phi) is 6.50. The minimum atomic E-state index is -0.499. The zero-order valence-electron chi connectivity index (χ0n) is 11.1. The number of benzene rings is 1. The van der Waals surface area contributed by atoms with Crippen molar-refractivity contribution in [2.75, 3.05) is 13.2 Å². The lowest BCUT2D eigenvalue weighted by molar-refractivity contribution is 0.0287. The van der Waals surface area contributed by atoms with E-state index in [0.29, 0.717) is 24.8 Å².